The Labute approximate surface area is 178 Å². The molecule has 1 amide bonds. The van der Waals surface area contributed by atoms with E-state index in [1.165, 1.54) is 6.07 Å². The van der Waals surface area contributed by atoms with Gasteiger partial charge in [0.05, 0.1) is 12.2 Å². The summed E-state index contributed by atoms with van der Waals surface area (Å²) < 4.78 is 14.2. The molecule has 6 nitrogen and oxygen atoms in total. The molecule has 2 aromatic carbocycles. The fraction of sp³-hybridized carbons (Fsp3) is 0.391. The van der Waals surface area contributed by atoms with E-state index in [-0.39, 0.29) is 11.7 Å². The number of aliphatic imine (C=N–C) groups is 1. The molecule has 0 fully saturated rings. The van der Waals surface area contributed by atoms with Crippen LogP contribution < -0.4 is 15.5 Å². The lowest BCUT2D eigenvalue weighted by atomic mass is 10.1. The van der Waals surface area contributed by atoms with Crippen LogP contribution in [0.4, 0.5) is 10.1 Å². The molecule has 0 unspecified atom stereocenters. The van der Waals surface area contributed by atoms with Gasteiger partial charge in [0.1, 0.15) is 5.82 Å². The first-order valence-electron chi connectivity index (χ1n) is 10.1. The molecule has 0 heterocycles. The Kier molecular flexibility index (Phi) is 8.65. The Hall–Kier alpha value is -3.09. The Morgan fingerprint density at radius 1 is 1.03 bits per heavy atom. The van der Waals surface area contributed by atoms with Crippen LogP contribution in [0.3, 0.4) is 0 Å². The SMILES string of the molecule is CCNC(=NCc1ccc(N(C)C)c(F)c1)NCCc1cccc(C(=O)N(C)C)c1. The molecule has 0 atom stereocenters. The van der Waals surface area contributed by atoms with Gasteiger partial charge in [-0.2, -0.15) is 0 Å². The third-order valence-corrected chi connectivity index (χ3v) is 4.54. The van der Waals surface area contributed by atoms with E-state index in [9.17, 15) is 9.18 Å². The van der Waals surface area contributed by atoms with Crippen molar-refractivity contribution in [3.05, 3.63) is 65.0 Å². The van der Waals surface area contributed by atoms with Crippen LogP contribution in [0, 0.1) is 5.82 Å². The van der Waals surface area contributed by atoms with E-state index in [4.69, 9.17) is 0 Å². The number of carbonyl (C=O) groups excluding carboxylic acids is 1. The number of amides is 1. The molecule has 30 heavy (non-hydrogen) atoms. The zero-order valence-electron chi connectivity index (χ0n) is 18.5. The van der Waals surface area contributed by atoms with Crippen LogP contribution in [0.1, 0.15) is 28.4 Å². The molecule has 2 N–H and O–H groups in total. The highest BCUT2D eigenvalue weighted by Crippen LogP contribution is 2.18. The van der Waals surface area contributed by atoms with Crippen molar-refractivity contribution in [3.8, 4) is 0 Å². The summed E-state index contributed by atoms with van der Waals surface area (Å²) in [4.78, 5) is 20.0. The lowest BCUT2D eigenvalue weighted by Crippen LogP contribution is -2.38. The number of rotatable bonds is 8. The molecule has 0 saturated carbocycles. The van der Waals surface area contributed by atoms with Crippen LogP contribution in [-0.2, 0) is 13.0 Å². The smallest absolute Gasteiger partial charge is 0.253 e. The van der Waals surface area contributed by atoms with Crippen LogP contribution in [-0.4, -0.2) is 58.0 Å². The summed E-state index contributed by atoms with van der Waals surface area (Å²) in [7, 11) is 7.12. The van der Waals surface area contributed by atoms with Gasteiger partial charge in [0.2, 0.25) is 0 Å². The number of carbonyl (C=O) groups is 1. The molecule has 7 heteroatoms. The Bertz CT molecular complexity index is 880. The molecular formula is C23H32FN5O. The van der Waals surface area contributed by atoms with E-state index in [2.05, 4.69) is 15.6 Å². The summed E-state index contributed by atoms with van der Waals surface area (Å²) in [5.74, 6) is 0.417. The first-order chi connectivity index (χ1) is 14.3. The van der Waals surface area contributed by atoms with Gasteiger partial charge in [0, 0.05) is 46.8 Å². The first-order valence-corrected chi connectivity index (χ1v) is 10.1. The molecule has 0 bridgehead atoms. The van der Waals surface area contributed by atoms with Crippen molar-refractivity contribution in [2.45, 2.75) is 19.9 Å². The minimum Gasteiger partial charge on any atom is -0.375 e. The van der Waals surface area contributed by atoms with Gasteiger partial charge in [-0.3, -0.25) is 4.79 Å². The van der Waals surface area contributed by atoms with Gasteiger partial charge in [-0.1, -0.05) is 18.2 Å². The second kappa shape index (κ2) is 11.2. The van der Waals surface area contributed by atoms with Crippen LogP contribution in [0.15, 0.2) is 47.5 Å². The summed E-state index contributed by atoms with van der Waals surface area (Å²) in [5, 5.41) is 6.50. The standard InChI is InChI=1S/C23H32FN5O/c1-6-25-23(27-16-18-10-11-21(28(2)3)20(24)15-18)26-13-12-17-8-7-9-19(14-17)22(30)29(4)5/h7-11,14-15H,6,12-13,16H2,1-5H3,(H2,25,26,27). The van der Waals surface area contributed by atoms with E-state index in [1.807, 2.05) is 51.4 Å². The lowest BCUT2D eigenvalue weighted by Gasteiger charge is -2.14. The van der Waals surface area contributed by atoms with Gasteiger partial charge in [-0.05, 0) is 48.7 Å². The third-order valence-electron chi connectivity index (χ3n) is 4.54. The monoisotopic (exact) mass is 413 g/mol. The average molecular weight is 414 g/mol. The van der Waals surface area contributed by atoms with Gasteiger partial charge in [0.25, 0.3) is 5.91 Å². The lowest BCUT2D eigenvalue weighted by molar-refractivity contribution is 0.0827. The number of benzene rings is 2. The van der Waals surface area contributed by atoms with Crippen LogP contribution in [0.25, 0.3) is 0 Å². The topological polar surface area (TPSA) is 60.0 Å². The zero-order valence-corrected chi connectivity index (χ0v) is 18.5. The van der Waals surface area contributed by atoms with E-state index in [0.29, 0.717) is 30.3 Å². The molecule has 0 aromatic heterocycles. The molecule has 0 spiro atoms. The first kappa shape index (κ1) is 23.2. The second-order valence-corrected chi connectivity index (χ2v) is 7.45. The van der Waals surface area contributed by atoms with E-state index in [0.717, 1.165) is 24.1 Å². The quantitative estimate of drug-likeness (QED) is 0.516. The largest absolute Gasteiger partial charge is 0.375 e. The van der Waals surface area contributed by atoms with Crippen LogP contribution in [0.5, 0.6) is 0 Å². The van der Waals surface area contributed by atoms with E-state index < -0.39 is 0 Å². The Morgan fingerprint density at radius 2 is 1.80 bits per heavy atom. The summed E-state index contributed by atoms with van der Waals surface area (Å²) in [5.41, 5.74) is 3.13. The molecule has 162 valence electrons. The molecule has 2 aromatic rings. The molecule has 0 radical (unpaired) electrons. The molecule has 0 aliphatic rings. The molecule has 0 saturated heterocycles. The normalized spacial score (nSPS) is 11.2. The molecule has 2 rings (SSSR count). The zero-order chi connectivity index (χ0) is 22.1. The molecule has 0 aliphatic carbocycles. The molecular weight excluding hydrogens is 381 g/mol. The van der Waals surface area contributed by atoms with Crippen LogP contribution >= 0.6 is 0 Å². The van der Waals surface area contributed by atoms with Crippen LogP contribution in [0.2, 0.25) is 0 Å². The van der Waals surface area contributed by atoms with E-state index in [1.54, 1.807) is 30.0 Å². The van der Waals surface area contributed by atoms with Gasteiger partial charge >= 0.3 is 0 Å². The fourth-order valence-electron chi connectivity index (χ4n) is 2.97. The van der Waals surface area contributed by atoms with Crippen molar-refractivity contribution in [1.29, 1.82) is 0 Å². The van der Waals surface area contributed by atoms with Crippen molar-refractivity contribution >= 4 is 17.6 Å². The predicted molar refractivity (Wildman–Crippen MR) is 122 cm³/mol. The second-order valence-electron chi connectivity index (χ2n) is 7.45. The maximum Gasteiger partial charge on any atom is 0.253 e. The van der Waals surface area contributed by atoms with E-state index >= 15 is 0 Å². The highest BCUT2D eigenvalue weighted by atomic mass is 19.1. The fourth-order valence-corrected chi connectivity index (χ4v) is 2.97. The van der Waals surface area contributed by atoms with Gasteiger partial charge < -0.3 is 20.4 Å². The van der Waals surface area contributed by atoms with Crippen molar-refractivity contribution in [2.75, 3.05) is 46.2 Å². The summed E-state index contributed by atoms with van der Waals surface area (Å²) >= 11 is 0. The number of hydrogen-bond donors (Lipinski definition) is 2. The highest BCUT2D eigenvalue weighted by molar-refractivity contribution is 5.94. The summed E-state index contributed by atoms with van der Waals surface area (Å²) in [6.07, 6.45) is 0.755. The van der Waals surface area contributed by atoms with Gasteiger partial charge in [-0.25, -0.2) is 9.38 Å². The Balaban J connectivity index is 1.97. The minimum absolute atomic E-state index is 0.00720. The van der Waals surface area contributed by atoms with Gasteiger partial charge in [-0.15, -0.1) is 0 Å². The van der Waals surface area contributed by atoms with Gasteiger partial charge in [0.15, 0.2) is 5.96 Å². The van der Waals surface area contributed by atoms with Crippen molar-refractivity contribution in [2.24, 2.45) is 4.99 Å². The molecule has 0 aliphatic heterocycles. The third kappa shape index (κ3) is 6.76. The maximum atomic E-state index is 14.2. The number of anilines is 1. The number of hydrogen-bond acceptors (Lipinski definition) is 3. The number of nitrogens with one attached hydrogen (secondary N) is 2. The summed E-state index contributed by atoms with van der Waals surface area (Å²) in [6, 6.07) is 12.8. The summed E-state index contributed by atoms with van der Waals surface area (Å²) in [6.45, 7) is 3.78. The van der Waals surface area contributed by atoms with Crippen molar-refractivity contribution in [1.82, 2.24) is 15.5 Å². The highest BCUT2D eigenvalue weighted by Gasteiger charge is 2.08. The van der Waals surface area contributed by atoms with Crippen molar-refractivity contribution < 1.29 is 9.18 Å². The minimum atomic E-state index is -0.252. The number of nitrogens with zero attached hydrogens (tertiary/aromatic N) is 3. The number of guanidine groups is 1. The number of halogens is 1. The predicted octanol–water partition coefficient (Wildman–Crippen LogP) is 2.89. The Morgan fingerprint density at radius 3 is 2.43 bits per heavy atom. The maximum absolute atomic E-state index is 14.2. The average Bonchev–Trinajstić information content (AvgIpc) is 2.71. The van der Waals surface area contributed by atoms with Crippen molar-refractivity contribution in [3.63, 3.8) is 0 Å².